The highest BCUT2D eigenvalue weighted by Gasteiger charge is 2.05. The third-order valence-corrected chi connectivity index (χ3v) is 3.63. The molecule has 3 N–H and O–H groups in total. The Balaban J connectivity index is 0.00000312. The highest BCUT2D eigenvalue weighted by molar-refractivity contribution is 14.0. The summed E-state index contributed by atoms with van der Waals surface area (Å²) in [7, 11) is 1.68. The first kappa shape index (κ1) is 21.0. The standard InChI is InChI=1S/C18H24N4O2.HI/c1-3-14-7-4-5-8-15(14)11-21-18(19-2)22-13-17(23)20-12-16-9-6-10-24-16;/h4-10H,3,11-13H2,1-2H3,(H,20,23)(H2,19,21,22);1H. The molecule has 1 aromatic carbocycles. The molecule has 0 spiro atoms. The van der Waals surface area contributed by atoms with E-state index in [4.69, 9.17) is 4.42 Å². The van der Waals surface area contributed by atoms with Gasteiger partial charge in [-0.25, -0.2) is 0 Å². The second kappa shape index (κ2) is 11.5. The molecule has 0 bridgehead atoms. The van der Waals surface area contributed by atoms with E-state index in [2.05, 4.69) is 40.0 Å². The first-order valence-corrected chi connectivity index (χ1v) is 8.03. The Kier molecular flexibility index (Phi) is 9.68. The number of rotatable bonds is 7. The van der Waals surface area contributed by atoms with E-state index in [1.165, 1.54) is 11.1 Å². The number of furan rings is 1. The highest BCUT2D eigenvalue weighted by atomic mass is 127. The minimum atomic E-state index is -0.122. The van der Waals surface area contributed by atoms with Crippen LogP contribution in [0.2, 0.25) is 0 Å². The Morgan fingerprint density at radius 3 is 2.44 bits per heavy atom. The summed E-state index contributed by atoms with van der Waals surface area (Å²) in [5.74, 6) is 1.19. The van der Waals surface area contributed by atoms with Crippen molar-refractivity contribution in [2.45, 2.75) is 26.4 Å². The van der Waals surface area contributed by atoms with Crippen LogP contribution in [0.3, 0.4) is 0 Å². The van der Waals surface area contributed by atoms with Gasteiger partial charge in [-0.1, -0.05) is 31.2 Å². The Hall–Kier alpha value is -2.03. The maximum atomic E-state index is 11.8. The maximum Gasteiger partial charge on any atom is 0.239 e. The smallest absolute Gasteiger partial charge is 0.239 e. The highest BCUT2D eigenvalue weighted by Crippen LogP contribution is 2.08. The molecule has 0 fully saturated rings. The van der Waals surface area contributed by atoms with Crippen molar-refractivity contribution in [3.63, 3.8) is 0 Å². The summed E-state index contributed by atoms with van der Waals surface area (Å²) in [6.07, 6.45) is 2.57. The summed E-state index contributed by atoms with van der Waals surface area (Å²) >= 11 is 0. The van der Waals surface area contributed by atoms with Crippen LogP contribution < -0.4 is 16.0 Å². The van der Waals surface area contributed by atoms with Gasteiger partial charge < -0.3 is 20.4 Å². The number of guanidine groups is 1. The molecule has 0 aliphatic heterocycles. The van der Waals surface area contributed by atoms with Crippen LogP contribution in [0.25, 0.3) is 0 Å². The van der Waals surface area contributed by atoms with Crippen LogP contribution in [0.15, 0.2) is 52.1 Å². The van der Waals surface area contributed by atoms with Crippen molar-refractivity contribution in [1.82, 2.24) is 16.0 Å². The number of nitrogens with zero attached hydrogens (tertiary/aromatic N) is 1. The zero-order valence-corrected chi connectivity index (χ0v) is 16.9. The summed E-state index contributed by atoms with van der Waals surface area (Å²) in [5.41, 5.74) is 2.53. The summed E-state index contributed by atoms with van der Waals surface area (Å²) in [5, 5.41) is 9.01. The molecular formula is C18H25IN4O2. The predicted molar refractivity (Wildman–Crippen MR) is 110 cm³/mol. The number of aliphatic imine (C=N–C) groups is 1. The van der Waals surface area contributed by atoms with Gasteiger partial charge in [-0.15, -0.1) is 24.0 Å². The molecule has 0 atom stereocenters. The van der Waals surface area contributed by atoms with Crippen LogP contribution in [-0.4, -0.2) is 25.5 Å². The monoisotopic (exact) mass is 456 g/mol. The number of aryl methyl sites for hydroxylation is 1. The summed E-state index contributed by atoms with van der Waals surface area (Å²) in [6, 6.07) is 11.9. The zero-order valence-electron chi connectivity index (χ0n) is 14.5. The molecule has 0 aliphatic carbocycles. The van der Waals surface area contributed by atoms with Crippen molar-refractivity contribution in [2.75, 3.05) is 13.6 Å². The third kappa shape index (κ3) is 7.16. The van der Waals surface area contributed by atoms with Crippen molar-refractivity contribution < 1.29 is 9.21 Å². The van der Waals surface area contributed by atoms with E-state index >= 15 is 0 Å². The number of hydrogen-bond acceptors (Lipinski definition) is 3. The first-order chi connectivity index (χ1) is 11.7. The molecule has 25 heavy (non-hydrogen) atoms. The van der Waals surface area contributed by atoms with Crippen molar-refractivity contribution in [3.05, 3.63) is 59.5 Å². The molecule has 0 saturated heterocycles. The first-order valence-electron chi connectivity index (χ1n) is 8.03. The molecule has 2 rings (SSSR count). The molecule has 1 aromatic heterocycles. The van der Waals surface area contributed by atoms with E-state index in [9.17, 15) is 4.79 Å². The molecular weight excluding hydrogens is 431 g/mol. The minimum Gasteiger partial charge on any atom is -0.467 e. The molecule has 6 nitrogen and oxygen atoms in total. The minimum absolute atomic E-state index is 0. The van der Waals surface area contributed by atoms with Crippen LogP contribution in [0.5, 0.6) is 0 Å². The van der Waals surface area contributed by atoms with Crippen LogP contribution in [-0.2, 0) is 24.3 Å². The van der Waals surface area contributed by atoms with Crippen LogP contribution in [0, 0.1) is 0 Å². The number of benzene rings is 1. The number of halogens is 1. The van der Waals surface area contributed by atoms with Crippen molar-refractivity contribution in [3.8, 4) is 0 Å². The number of carbonyl (C=O) groups excluding carboxylic acids is 1. The van der Waals surface area contributed by atoms with Crippen LogP contribution in [0.1, 0.15) is 23.8 Å². The van der Waals surface area contributed by atoms with Gasteiger partial charge in [-0.3, -0.25) is 9.79 Å². The average Bonchev–Trinajstić information content (AvgIpc) is 3.14. The van der Waals surface area contributed by atoms with Crippen LogP contribution in [0.4, 0.5) is 0 Å². The van der Waals surface area contributed by atoms with Crippen molar-refractivity contribution in [2.24, 2.45) is 4.99 Å². The number of carbonyl (C=O) groups is 1. The van der Waals surface area contributed by atoms with Gasteiger partial charge >= 0.3 is 0 Å². The largest absolute Gasteiger partial charge is 0.467 e. The lowest BCUT2D eigenvalue weighted by molar-refractivity contribution is -0.120. The Bertz CT molecular complexity index is 671. The van der Waals surface area contributed by atoms with Gasteiger partial charge in [0.15, 0.2) is 5.96 Å². The molecule has 0 radical (unpaired) electrons. The van der Waals surface area contributed by atoms with Gasteiger partial charge in [0.05, 0.1) is 19.4 Å². The fourth-order valence-corrected chi connectivity index (χ4v) is 2.30. The topological polar surface area (TPSA) is 78.7 Å². The lowest BCUT2D eigenvalue weighted by Crippen LogP contribution is -2.42. The zero-order chi connectivity index (χ0) is 17.2. The SMILES string of the molecule is CCc1ccccc1CNC(=NC)NCC(=O)NCc1ccco1.I. The van der Waals surface area contributed by atoms with Gasteiger partial charge in [0.2, 0.25) is 5.91 Å². The fraction of sp³-hybridized carbons (Fsp3) is 0.333. The van der Waals surface area contributed by atoms with Gasteiger partial charge in [0.1, 0.15) is 5.76 Å². The molecule has 1 amide bonds. The number of hydrogen-bond donors (Lipinski definition) is 3. The number of nitrogens with one attached hydrogen (secondary N) is 3. The van der Waals surface area contributed by atoms with E-state index in [0.29, 0.717) is 19.0 Å². The third-order valence-electron chi connectivity index (χ3n) is 3.63. The molecule has 1 heterocycles. The average molecular weight is 456 g/mol. The Morgan fingerprint density at radius 2 is 1.80 bits per heavy atom. The van der Waals surface area contributed by atoms with Gasteiger partial charge in [0.25, 0.3) is 0 Å². The molecule has 7 heteroatoms. The van der Waals surface area contributed by atoms with E-state index in [1.807, 2.05) is 18.2 Å². The van der Waals surface area contributed by atoms with Crippen molar-refractivity contribution in [1.29, 1.82) is 0 Å². The second-order valence-electron chi connectivity index (χ2n) is 5.26. The van der Waals surface area contributed by atoms with Crippen LogP contribution >= 0.6 is 24.0 Å². The van der Waals surface area contributed by atoms with E-state index < -0.39 is 0 Å². The molecule has 136 valence electrons. The summed E-state index contributed by atoms with van der Waals surface area (Å²) in [6.45, 7) is 3.33. The predicted octanol–water partition coefficient (Wildman–Crippen LogP) is 2.44. The summed E-state index contributed by atoms with van der Waals surface area (Å²) < 4.78 is 5.17. The normalized spacial score (nSPS) is 10.7. The fourth-order valence-electron chi connectivity index (χ4n) is 2.30. The Labute approximate surface area is 165 Å². The quantitative estimate of drug-likeness (QED) is 0.340. The lowest BCUT2D eigenvalue weighted by atomic mass is 10.1. The number of amides is 1. The van der Waals surface area contributed by atoms with Gasteiger partial charge in [-0.05, 0) is 29.7 Å². The maximum absolute atomic E-state index is 11.8. The van der Waals surface area contributed by atoms with Gasteiger partial charge in [0, 0.05) is 13.6 Å². The van der Waals surface area contributed by atoms with E-state index in [0.717, 1.165) is 12.2 Å². The van der Waals surface area contributed by atoms with E-state index in [1.54, 1.807) is 19.4 Å². The second-order valence-corrected chi connectivity index (χ2v) is 5.26. The molecule has 0 aliphatic rings. The van der Waals surface area contributed by atoms with Crippen molar-refractivity contribution >= 4 is 35.8 Å². The Morgan fingerprint density at radius 1 is 1.04 bits per heavy atom. The van der Waals surface area contributed by atoms with Gasteiger partial charge in [-0.2, -0.15) is 0 Å². The lowest BCUT2D eigenvalue weighted by Gasteiger charge is -2.13. The molecule has 0 unspecified atom stereocenters. The summed E-state index contributed by atoms with van der Waals surface area (Å²) in [4.78, 5) is 16.0. The van der Waals surface area contributed by atoms with E-state index in [-0.39, 0.29) is 36.4 Å². The molecule has 0 saturated carbocycles. The molecule has 2 aromatic rings.